The molecule has 0 aromatic carbocycles. The van der Waals surface area contributed by atoms with Crippen molar-refractivity contribution in [1.29, 1.82) is 0 Å². The van der Waals surface area contributed by atoms with Crippen LogP contribution in [0.5, 0.6) is 0 Å². The Morgan fingerprint density at radius 1 is 1.47 bits per heavy atom. The molecule has 0 saturated carbocycles. The SMILES string of the molecule is O=C(O)c1cnn(-c2ccncc2Br)c1. The average molecular weight is 268 g/mol. The van der Waals surface area contributed by atoms with Crippen molar-refractivity contribution < 1.29 is 9.90 Å². The Bertz CT molecular complexity index is 510. The number of carbonyl (C=O) groups is 1. The molecule has 76 valence electrons. The molecule has 0 aliphatic rings. The third-order valence-corrected chi connectivity index (χ3v) is 2.44. The standard InChI is InChI=1S/C9H6BrN3O2/c10-7-4-11-2-1-8(7)13-5-6(3-12-13)9(14)15/h1-5H,(H,14,15). The van der Waals surface area contributed by atoms with Gasteiger partial charge in [0.2, 0.25) is 0 Å². The predicted octanol–water partition coefficient (Wildman–Crippen LogP) is 1.73. The minimum absolute atomic E-state index is 0.152. The van der Waals surface area contributed by atoms with Crippen molar-refractivity contribution in [3.8, 4) is 5.69 Å². The summed E-state index contributed by atoms with van der Waals surface area (Å²) >= 11 is 3.31. The summed E-state index contributed by atoms with van der Waals surface area (Å²) in [6.45, 7) is 0. The molecule has 2 aromatic heterocycles. The van der Waals surface area contributed by atoms with Gasteiger partial charge in [0.1, 0.15) is 0 Å². The number of nitrogens with zero attached hydrogens (tertiary/aromatic N) is 3. The van der Waals surface area contributed by atoms with E-state index in [-0.39, 0.29) is 5.56 Å². The quantitative estimate of drug-likeness (QED) is 0.900. The van der Waals surface area contributed by atoms with Gasteiger partial charge in [0.25, 0.3) is 0 Å². The Hall–Kier alpha value is -1.69. The van der Waals surface area contributed by atoms with Crippen molar-refractivity contribution in [3.63, 3.8) is 0 Å². The van der Waals surface area contributed by atoms with Gasteiger partial charge in [-0.15, -0.1) is 0 Å². The fraction of sp³-hybridized carbons (Fsp3) is 0. The van der Waals surface area contributed by atoms with E-state index in [4.69, 9.17) is 5.11 Å². The fourth-order valence-electron chi connectivity index (χ4n) is 1.12. The molecule has 0 spiro atoms. The van der Waals surface area contributed by atoms with E-state index < -0.39 is 5.97 Å². The van der Waals surface area contributed by atoms with Crippen LogP contribution >= 0.6 is 15.9 Å². The van der Waals surface area contributed by atoms with Gasteiger partial charge in [-0.3, -0.25) is 4.98 Å². The third-order valence-electron chi connectivity index (χ3n) is 1.83. The lowest BCUT2D eigenvalue weighted by Crippen LogP contribution is -1.96. The molecule has 0 unspecified atom stereocenters. The molecule has 0 amide bonds. The maximum absolute atomic E-state index is 10.7. The van der Waals surface area contributed by atoms with Gasteiger partial charge in [-0.25, -0.2) is 9.48 Å². The molecule has 15 heavy (non-hydrogen) atoms. The average Bonchev–Trinajstić information content (AvgIpc) is 2.67. The zero-order chi connectivity index (χ0) is 10.8. The molecule has 0 radical (unpaired) electrons. The highest BCUT2D eigenvalue weighted by Gasteiger charge is 2.08. The Morgan fingerprint density at radius 3 is 2.87 bits per heavy atom. The molecule has 2 rings (SSSR count). The van der Waals surface area contributed by atoms with Gasteiger partial charge in [-0.1, -0.05) is 0 Å². The fourth-order valence-corrected chi connectivity index (χ4v) is 1.55. The van der Waals surface area contributed by atoms with E-state index in [0.29, 0.717) is 0 Å². The largest absolute Gasteiger partial charge is 0.478 e. The van der Waals surface area contributed by atoms with Crippen LogP contribution in [0.15, 0.2) is 35.3 Å². The summed E-state index contributed by atoms with van der Waals surface area (Å²) in [5.41, 5.74) is 0.899. The van der Waals surface area contributed by atoms with Crippen molar-refractivity contribution in [2.45, 2.75) is 0 Å². The molecule has 0 fully saturated rings. The van der Waals surface area contributed by atoms with Crippen LogP contribution in [0.1, 0.15) is 10.4 Å². The summed E-state index contributed by atoms with van der Waals surface area (Å²) in [4.78, 5) is 14.6. The second-order valence-electron chi connectivity index (χ2n) is 2.81. The first-order valence-corrected chi connectivity index (χ1v) is 4.85. The van der Waals surface area contributed by atoms with Crippen LogP contribution in [0.4, 0.5) is 0 Å². The van der Waals surface area contributed by atoms with Gasteiger partial charge in [0, 0.05) is 18.6 Å². The number of aromatic carboxylic acids is 1. The summed E-state index contributed by atoms with van der Waals surface area (Å²) in [5, 5.41) is 12.7. The monoisotopic (exact) mass is 267 g/mol. The maximum Gasteiger partial charge on any atom is 0.338 e. The molecular weight excluding hydrogens is 262 g/mol. The normalized spacial score (nSPS) is 10.2. The summed E-state index contributed by atoms with van der Waals surface area (Å²) in [6, 6.07) is 1.74. The first-order chi connectivity index (χ1) is 7.18. The molecule has 2 heterocycles. The van der Waals surface area contributed by atoms with Crippen LogP contribution in [0.2, 0.25) is 0 Å². The predicted molar refractivity (Wildman–Crippen MR) is 56.0 cm³/mol. The minimum atomic E-state index is -0.994. The van der Waals surface area contributed by atoms with Crippen LogP contribution in [0, 0.1) is 0 Å². The van der Waals surface area contributed by atoms with Crippen molar-refractivity contribution in [3.05, 3.63) is 40.9 Å². The first kappa shape index (κ1) is 9.85. The highest BCUT2D eigenvalue weighted by molar-refractivity contribution is 9.10. The van der Waals surface area contributed by atoms with Crippen LogP contribution in [-0.4, -0.2) is 25.8 Å². The molecule has 1 N–H and O–H groups in total. The van der Waals surface area contributed by atoms with Gasteiger partial charge in [-0.2, -0.15) is 5.10 Å². The smallest absolute Gasteiger partial charge is 0.338 e. The van der Waals surface area contributed by atoms with Crippen molar-refractivity contribution in [2.24, 2.45) is 0 Å². The first-order valence-electron chi connectivity index (χ1n) is 4.06. The van der Waals surface area contributed by atoms with E-state index in [1.165, 1.54) is 17.1 Å². The Kier molecular flexibility index (Phi) is 2.51. The molecule has 2 aromatic rings. The summed E-state index contributed by atoms with van der Waals surface area (Å²) < 4.78 is 2.24. The number of hydrogen-bond donors (Lipinski definition) is 1. The van der Waals surface area contributed by atoms with Crippen molar-refractivity contribution >= 4 is 21.9 Å². The molecule has 0 aliphatic heterocycles. The number of halogens is 1. The van der Waals surface area contributed by atoms with Crippen molar-refractivity contribution in [2.75, 3.05) is 0 Å². The molecule has 0 bridgehead atoms. The minimum Gasteiger partial charge on any atom is -0.478 e. The highest BCUT2D eigenvalue weighted by Crippen LogP contribution is 2.18. The van der Waals surface area contributed by atoms with E-state index in [2.05, 4.69) is 26.0 Å². The van der Waals surface area contributed by atoms with E-state index in [1.807, 2.05) is 0 Å². The van der Waals surface area contributed by atoms with E-state index in [1.54, 1.807) is 18.5 Å². The van der Waals surface area contributed by atoms with E-state index >= 15 is 0 Å². The lowest BCUT2D eigenvalue weighted by molar-refractivity contribution is 0.0697. The van der Waals surface area contributed by atoms with E-state index in [0.717, 1.165) is 10.2 Å². The summed E-state index contributed by atoms with van der Waals surface area (Å²) in [5.74, 6) is -0.994. The van der Waals surface area contributed by atoms with Gasteiger partial charge in [0.15, 0.2) is 0 Å². The second kappa shape index (κ2) is 3.82. The summed E-state index contributed by atoms with van der Waals surface area (Å²) in [7, 11) is 0. The van der Waals surface area contributed by atoms with Crippen LogP contribution < -0.4 is 0 Å². The molecule has 6 heteroatoms. The molecule has 5 nitrogen and oxygen atoms in total. The number of rotatable bonds is 2. The van der Waals surface area contributed by atoms with Crippen LogP contribution in [0.3, 0.4) is 0 Å². The van der Waals surface area contributed by atoms with Crippen LogP contribution in [0.25, 0.3) is 5.69 Å². The second-order valence-corrected chi connectivity index (χ2v) is 3.66. The van der Waals surface area contributed by atoms with Crippen molar-refractivity contribution in [1.82, 2.24) is 14.8 Å². The number of hydrogen-bond acceptors (Lipinski definition) is 3. The van der Waals surface area contributed by atoms with Gasteiger partial charge in [0.05, 0.1) is 21.9 Å². The topological polar surface area (TPSA) is 68.0 Å². The zero-order valence-electron chi connectivity index (χ0n) is 7.46. The Balaban J connectivity index is 2.46. The molecule has 0 aliphatic carbocycles. The number of pyridine rings is 1. The molecule has 0 atom stereocenters. The Labute approximate surface area is 93.5 Å². The number of carboxylic acid groups (broad SMARTS) is 1. The summed E-state index contributed by atoms with van der Waals surface area (Å²) in [6.07, 6.45) is 5.98. The number of aromatic nitrogens is 3. The van der Waals surface area contributed by atoms with Gasteiger partial charge >= 0.3 is 5.97 Å². The maximum atomic E-state index is 10.7. The van der Waals surface area contributed by atoms with Gasteiger partial charge < -0.3 is 5.11 Å². The lowest BCUT2D eigenvalue weighted by atomic mass is 10.4. The van der Waals surface area contributed by atoms with Gasteiger partial charge in [-0.05, 0) is 22.0 Å². The van der Waals surface area contributed by atoms with Crippen LogP contribution in [-0.2, 0) is 0 Å². The molecule has 0 saturated heterocycles. The lowest BCUT2D eigenvalue weighted by Gasteiger charge is -2.01. The van der Waals surface area contributed by atoms with E-state index in [9.17, 15) is 4.79 Å². The highest BCUT2D eigenvalue weighted by atomic mass is 79.9. The zero-order valence-corrected chi connectivity index (χ0v) is 9.05. The third kappa shape index (κ3) is 1.89. The molecular formula is C9H6BrN3O2. The number of carboxylic acids is 1. The Morgan fingerprint density at radius 2 is 2.27 bits per heavy atom.